The molecule has 0 bridgehead atoms. The molecule has 0 spiro atoms. The van der Waals surface area contributed by atoms with Gasteiger partial charge in [0.1, 0.15) is 0 Å². The first kappa shape index (κ1) is 12.9. The van der Waals surface area contributed by atoms with Gasteiger partial charge in [-0.25, -0.2) is 9.59 Å². The number of rotatable bonds is 1. The Morgan fingerprint density at radius 1 is 1.15 bits per heavy atom. The lowest BCUT2D eigenvalue weighted by Crippen LogP contribution is -2.51. The van der Waals surface area contributed by atoms with Crippen molar-refractivity contribution in [3.05, 3.63) is 29.3 Å². The zero-order chi connectivity index (χ0) is 14.1. The number of fused-ring (bicyclic) bond motifs is 1. The second-order valence-corrected chi connectivity index (χ2v) is 5.07. The van der Waals surface area contributed by atoms with Crippen LogP contribution in [0.2, 0.25) is 0 Å². The number of carboxylic acid groups (broad SMARTS) is 1. The highest BCUT2D eigenvalue weighted by molar-refractivity contribution is 5.97. The van der Waals surface area contributed by atoms with Crippen LogP contribution in [-0.4, -0.2) is 54.7 Å². The Morgan fingerprint density at radius 3 is 2.60 bits per heavy atom. The van der Waals surface area contributed by atoms with Gasteiger partial charge in [-0.2, -0.15) is 0 Å². The van der Waals surface area contributed by atoms with Crippen molar-refractivity contribution in [1.82, 2.24) is 10.2 Å². The Labute approximate surface area is 117 Å². The summed E-state index contributed by atoms with van der Waals surface area (Å²) in [5.41, 5.74) is 2.01. The van der Waals surface area contributed by atoms with Gasteiger partial charge in [-0.3, -0.25) is 4.90 Å². The molecule has 0 saturated carbocycles. The van der Waals surface area contributed by atoms with Crippen molar-refractivity contribution in [3.63, 3.8) is 0 Å². The van der Waals surface area contributed by atoms with Crippen LogP contribution in [0.25, 0.3) is 0 Å². The molecule has 2 heterocycles. The number of benzene rings is 1. The van der Waals surface area contributed by atoms with Crippen molar-refractivity contribution < 1.29 is 14.7 Å². The molecule has 0 radical (unpaired) electrons. The standard InChI is InChI=1S/C14H17N3O3/c18-13(19)11-2-1-10-3-6-17(12(10)9-11)14(20)16-7-4-15-5-8-16/h1-2,9,15H,3-8H2,(H,18,19). The largest absolute Gasteiger partial charge is 0.478 e. The predicted molar refractivity (Wildman–Crippen MR) is 74.3 cm³/mol. The smallest absolute Gasteiger partial charge is 0.335 e. The van der Waals surface area contributed by atoms with E-state index in [9.17, 15) is 9.59 Å². The number of amides is 2. The summed E-state index contributed by atoms with van der Waals surface area (Å²) in [6.45, 7) is 3.64. The predicted octanol–water partition coefficient (Wildman–Crippen LogP) is 0.772. The topological polar surface area (TPSA) is 72.9 Å². The number of nitrogens with one attached hydrogen (secondary N) is 1. The first-order valence-electron chi connectivity index (χ1n) is 6.80. The number of carbonyl (C=O) groups excluding carboxylic acids is 1. The van der Waals surface area contributed by atoms with Crippen LogP contribution in [0.15, 0.2) is 18.2 Å². The average Bonchev–Trinajstić information content (AvgIpc) is 2.90. The summed E-state index contributed by atoms with van der Waals surface area (Å²) in [5, 5.41) is 12.3. The SMILES string of the molecule is O=C(O)c1ccc2c(c1)N(C(=O)N1CCNCC1)CC2. The summed E-state index contributed by atoms with van der Waals surface area (Å²) in [5.74, 6) is -0.964. The molecule has 1 fully saturated rings. The number of piperazine rings is 1. The van der Waals surface area contributed by atoms with Crippen LogP contribution in [0.4, 0.5) is 10.5 Å². The van der Waals surface area contributed by atoms with E-state index in [1.54, 1.807) is 17.0 Å². The Morgan fingerprint density at radius 2 is 1.90 bits per heavy atom. The van der Waals surface area contributed by atoms with Gasteiger partial charge in [-0.05, 0) is 24.1 Å². The molecule has 2 amide bonds. The highest BCUT2D eigenvalue weighted by Crippen LogP contribution is 2.30. The van der Waals surface area contributed by atoms with Crippen molar-refractivity contribution in [2.75, 3.05) is 37.6 Å². The average molecular weight is 275 g/mol. The van der Waals surface area contributed by atoms with Gasteiger partial charge in [-0.15, -0.1) is 0 Å². The van der Waals surface area contributed by atoms with Crippen LogP contribution >= 0.6 is 0 Å². The number of aromatic carboxylic acids is 1. The molecule has 6 heteroatoms. The monoisotopic (exact) mass is 275 g/mol. The second-order valence-electron chi connectivity index (χ2n) is 5.07. The number of carbonyl (C=O) groups is 2. The Kier molecular flexibility index (Phi) is 3.31. The minimum absolute atomic E-state index is 0.0206. The minimum Gasteiger partial charge on any atom is -0.478 e. The van der Waals surface area contributed by atoms with Crippen molar-refractivity contribution >= 4 is 17.7 Å². The van der Waals surface area contributed by atoms with E-state index in [-0.39, 0.29) is 11.6 Å². The summed E-state index contributed by atoms with van der Waals surface area (Å²) < 4.78 is 0. The fourth-order valence-corrected chi connectivity index (χ4v) is 2.74. The van der Waals surface area contributed by atoms with Gasteiger partial charge >= 0.3 is 12.0 Å². The normalized spacial score (nSPS) is 18.0. The molecular formula is C14H17N3O3. The first-order chi connectivity index (χ1) is 9.66. The van der Waals surface area contributed by atoms with E-state index in [4.69, 9.17) is 5.11 Å². The fourth-order valence-electron chi connectivity index (χ4n) is 2.74. The number of anilines is 1. The minimum atomic E-state index is -0.964. The van der Waals surface area contributed by atoms with Crippen LogP contribution in [0.3, 0.4) is 0 Å². The van der Waals surface area contributed by atoms with Gasteiger partial charge in [0.2, 0.25) is 0 Å². The number of hydrogen-bond acceptors (Lipinski definition) is 3. The summed E-state index contributed by atoms with van der Waals surface area (Å²) in [4.78, 5) is 27.1. The third kappa shape index (κ3) is 2.22. The van der Waals surface area contributed by atoms with Crippen LogP contribution in [0.1, 0.15) is 15.9 Å². The number of urea groups is 1. The summed E-state index contributed by atoms with van der Waals surface area (Å²) in [6.07, 6.45) is 0.785. The van der Waals surface area contributed by atoms with Gasteiger partial charge in [-0.1, -0.05) is 6.07 Å². The van der Waals surface area contributed by atoms with Crippen molar-refractivity contribution in [1.29, 1.82) is 0 Å². The maximum Gasteiger partial charge on any atom is 0.335 e. The van der Waals surface area contributed by atoms with Gasteiger partial charge in [0, 0.05) is 38.4 Å². The number of nitrogens with zero attached hydrogens (tertiary/aromatic N) is 2. The van der Waals surface area contributed by atoms with Crippen LogP contribution in [0.5, 0.6) is 0 Å². The highest BCUT2D eigenvalue weighted by Gasteiger charge is 2.29. The Hall–Kier alpha value is -2.08. The molecule has 0 aliphatic carbocycles. The lowest BCUT2D eigenvalue weighted by Gasteiger charge is -2.31. The molecular weight excluding hydrogens is 258 g/mol. The molecule has 1 aromatic carbocycles. The van der Waals surface area contributed by atoms with Gasteiger partial charge in [0.15, 0.2) is 0 Å². The lowest BCUT2D eigenvalue weighted by atomic mass is 10.1. The molecule has 2 aliphatic heterocycles. The van der Waals surface area contributed by atoms with E-state index in [0.29, 0.717) is 19.6 Å². The van der Waals surface area contributed by atoms with Crippen molar-refractivity contribution in [2.24, 2.45) is 0 Å². The lowest BCUT2D eigenvalue weighted by molar-refractivity contribution is 0.0697. The molecule has 2 N–H and O–H groups in total. The molecule has 0 aromatic heterocycles. The third-order valence-electron chi connectivity index (χ3n) is 3.85. The molecule has 20 heavy (non-hydrogen) atoms. The van der Waals surface area contributed by atoms with Gasteiger partial charge in [0.05, 0.1) is 5.56 Å². The highest BCUT2D eigenvalue weighted by atomic mass is 16.4. The number of hydrogen-bond donors (Lipinski definition) is 2. The molecule has 1 saturated heterocycles. The van der Waals surface area contributed by atoms with E-state index in [0.717, 1.165) is 30.8 Å². The van der Waals surface area contributed by atoms with Gasteiger partial charge < -0.3 is 15.3 Å². The molecule has 2 aliphatic rings. The van der Waals surface area contributed by atoms with E-state index >= 15 is 0 Å². The fraction of sp³-hybridized carbons (Fsp3) is 0.429. The molecule has 6 nitrogen and oxygen atoms in total. The Bertz CT molecular complexity index is 553. The molecule has 1 aromatic rings. The second kappa shape index (κ2) is 5.13. The zero-order valence-electron chi connectivity index (χ0n) is 11.1. The van der Waals surface area contributed by atoms with E-state index in [2.05, 4.69) is 5.32 Å². The van der Waals surface area contributed by atoms with Crippen LogP contribution in [0, 0.1) is 0 Å². The van der Waals surface area contributed by atoms with Gasteiger partial charge in [0.25, 0.3) is 0 Å². The van der Waals surface area contributed by atoms with E-state index < -0.39 is 5.97 Å². The van der Waals surface area contributed by atoms with E-state index in [1.807, 2.05) is 11.0 Å². The zero-order valence-corrected chi connectivity index (χ0v) is 11.1. The van der Waals surface area contributed by atoms with Crippen molar-refractivity contribution in [3.8, 4) is 0 Å². The van der Waals surface area contributed by atoms with Crippen LogP contribution in [-0.2, 0) is 6.42 Å². The summed E-state index contributed by atoms with van der Waals surface area (Å²) in [6, 6.07) is 4.99. The summed E-state index contributed by atoms with van der Waals surface area (Å²) >= 11 is 0. The maximum atomic E-state index is 12.5. The third-order valence-corrected chi connectivity index (χ3v) is 3.85. The molecule has 0 unspecified atom stereocenters. The number of carboxylic acids is 1. The van der Waals surface area contributed by atoms with E-state index in [1.165, 1.54) is 0 Å². The van der Waals surface area contributed by atoms with Crippen LogP contribution < -0.4 is 10.2 Å². The summed E-state index contributed by atoms with van der Waals surface area (Å²) in [7, 11) is 0. The van der Waals surface area contributed by atoms with Crippen molar-refractivity contribution in [2.45, 2.75) is 6.42 Å². The Balaban J connectivity index is 1.85. The molecule has 106 valence electrons. The molecule has 3 rings (SSSR count). The maximum absolute atomic E-state index is 12.5. The molecule has 0 atom stereocenters. The quantitative estimate of drug-likeness (QED) is 0.794. The first-order valence-corrected chi connectivity index (χ1v) is 6.80.